The van der Waals surface area contributed by atoms with Gasteiger partial charge in [-0.3, -0.25) is 0 Å². The van der Waals surface area contributed by atoms with E-state index >= 15 is 0 Å². The summed E-state index contributed by atoms with van der Waals surface area (Å²) in [5.41, 5.74) is 6.09. The lowest BCUT2D eigenvalue weighted by molar-refractivity contribution is 1.18. The quantitative estimate of drug-likeness (QED) is 0.312. The number of nitrogens with zero attached hydrogens (tertiary/aromatic N) is 1. The second-order valence-corrected chi connectivity index (χ2v) is 6.71. The van der Waals surface area contributed by atoms with E-state index in [9.17, 15) is 0 Å². The Morgan fingerprint density at radius 1 is 0.481 bits per heavy atom. The molecular formula is C26H19N. The third-order valence-electron chi connectivity index (χ3n) is 4.98. The minimum Gasteiger partial charge on any atom is -0.309 e. The maximum Gasteiger partial charge on any atom is 0.0541 e. The Kier molecular flexibility index (Phi) is 3.84. The van der Waals surface area contributed by atoms with E-state index in [0.29, 0.717) is 0 Å². The van der Waals surface area contributed by atoms with Crippen molar-refractivity contribution in [2.45, 2.75) is 0 Å². The molecule has 27 heavy (non-hydrogen) atoms. The Balaban J connectivity index is 1.70. The molecule has 5 rings (SSSR count). The summed E-state index contributed by atoms with van der Waals surface area (Å²) < 4.78 is 2.34. The Labute approximate surface area is 158 Å². The molecule has 0 saturated carbocycles. The van der Waals surface area contributed by atoms with E-state index in [0.717, 1.165) is 0 Å². The SMILES string of the molecule is C(=C/c1ccc2c(c1)c1ccccc1n2-c1ccccc1)/c1ccccc1. The van der Waals surface area contributed by atoms with Crippen LogP contribution in [0.25, 0.3) is 39.6 Å². The lowest BCUT2D eigenvalue weighted by atomic mass is 10.1. The molecule has 5 aromatic rings. The lowest BCUT2D eigenvalue weighted by Crippen LogP contribution is -1.92. The second kappa shape index (κ2) is 6.62. The molecule has 4 aromatic carbocycles. The van der Waals surface area contributed by atoms with Crippen molar-refractivity contribution in [3.05, 3.63) is 114 Å². The van der Waals surface area contributed by atoms with Gasteiger partial charge in [0.05, 0.1) is 11.0 Å². The first kappa shape index (κ1) is 15.7. The standard InChI is InChI=1S/C26H19N/c1-3-9-20(10-4-1)15-16-21-17-18-26-24(19-21)23-13-7-8-14-25(23)27(26)22-11-5-2-6-12-22/h1-19H/b16-15-. The average molecular weight is 345 g/mol. The number of aromatic nitrogens is 1. The molecule has 0 radical (unpaired) electrons. The number of fused-ring (bicyclic) bond motifs is 3. The van der Waals surface area contributed by atoms with Crippen molar-refractivity contribution < 1.29 is 0 Å². The summed E-state index contributed by atoms with van der Waals surface area (Å²) in [4.78, 5) is 0. The fourth-order valence-corrected chi connectivity index (χ4v) is 3.71. The number of para-hydroxylation sites is 2. The first-order valence-corrected chi connectivity index (χ1v) is 9.22. The van der Waals surface area contributed by atoms with E-state index in [1.807, 2.05) is 6.07 Å². The van der Waals surface area contributed by atoms with Gasteiger partial charge in [0.25, 0.3) is 0 Å². The predicted octanol–water partition coefficient (Wildman–Crippen LogP) is 6.95. The molecular weight excluding hydrogens is 326 g/mol. The Morgan fingerprint density at radius 2 is 1.11 bits per heavy atom. The number of hydrogen-bond acceptors (Lipinski definition) is 0. The molecule has 0 aliphatic carbocycles. The normalized spacial score (nSPS) is 11.6. The smallest absolute Gasteiger partial charge is 0.0541 e. The molecule has 1 nitrogen and oxygen atoms in total. The molecule has 1 heterocycles. The highest BCUT2D eigenvalue weighted by molar-refractivity contribution is 6.09. The van der Waals surface area contributed by atoms with Crippen molar-refractivity contribution >= 4 is 34.0 Å². The monoisotopic (exact) mass is 345 g/mol. The van der Waals surface area contributed by atoms with Crippen molar-refractivity contribution in [1.29, 1.82) is 0 Å². The van der Waals surface area contributed by atoms with E-state index < -0.39 is 0 Å². The topological polar surface area (TPSA) is 4.93 Å². The molecule has 0 saturated heterocycles. The number of rotatable bonds is 3. The van der Waals surface area contributed by atoms with Gasteiger partial charge in [-0.2, -0.15) is 0 Å². The molecule has 0 bridgehead atoms. The average Bonchev–Trinajstić information content (AvgIpc) is 3.07. The van der Waals surface area contributed by atoms with Gasteiger partial charge in [-0.05, 0) is 41.5 Å². The van der Waals surface area contributed by atoms with Crippen LogP contribution in [0.4, 0.5) is 0 Å². The zero-order valence-electron chi connectivity index (χ0n) is 14.9. The van der Waals surface area contributed by atoms with Gasteiger partial charge in [0.2, 0.25) is 0 Å². The van der Waals surface area contributed by atoms with Crippen molar-refractivity contribution in [2.24, 2.45) is 0 Å². The van der Waals surface area contributed by atoms with Crippen LogP contribution >= 0.6 is 0 Å². The molecule has 0 aliphatic heterocycles. The van der Waals surface area contributed by atoms with Gasteiger partial charge in [-0.1, -0.05) is 84.9 Å². The summed E-state index contributed by atoms with van der Waals surface area (Å²) in [6, 6.07) is 36.3. The molecule has 0 aliphatic rings. The van der Waals surface area contributed by atoms with E-state index in [-0.39, 0.29) is 0 Å². The number of benzene rings is 4. The van der Waals surface area contributed by atoms with Crippen LogP contribution in [-0.4, -0.2) is 4.57 Å². The van der Waals surface area contributed by atoms with Crippen LogP contribution in [0, 0.1) is 0 Å². The fourth-order valence-electron chi connectivity index (χ4n) is 3.71. The Hall–Kier alpha value is -3.58. The maximum absolute atomic E-state index is 2.34. The molecule has 0 atom stereocenters. The minimum atomic E-state index is 1.19. The van der Waals surface area contributed by atoms with E-state index in [2.05, 4.69) is 114 Å². The molecule has 0 amide bonds. The molecule has 128 valence electrons. The molecule has 0 unspecified atom stereocenters. The van der Waals surface area contributed by atoms with Gasteiger partial charge in [-0.25, -0.2) is 0 Å². The zero-order chi connectivity index (χ0) is 18.1. The Morgan fingerprint density at radius 3 is 1.93 bits per heavy atom. The third kappa shape index (κ3) is 2.84. The van der Waals surface area contributed by atoms with Crippen LogP contribution in [0.1, 0.15) is 11.1 Å². The van der Waals surface area contributed by atoms with Crippen LogP contribution in [0.3, 0.4) is 0 Å². The highest BCUT2D eigenvalue weighted by atomic mass is 15.0. The minimum absolute atomic E-state index is 1.19. The van der Waals surface area contributed by atoms with Gasteiger partial charge in [0.15, 0.2) is 0 Å². The fraction of sp³-hybridized carbons (Fsp3) is 0. The van der Waals surface area contributed by atoms with Gasteiger partial charge in [0, 0.05) is 16.5 Å². The molecule has 0 N–H and O–H groups in total. The highest BCUT2D eigenvalue weighted by Gasteiger charge is 2.11. The van der Waals surface area contributed by atoms with E-state index in [1.54, 1.807) is 0 Å². The van der Waals surface area contributed by atoms with Crippen LogP contribution in [0.5, 0.6) is 0 Å². The summed E-state index contributed by atoms with van der Waals surface area (Å²) in [7, 11) is 0. The van der Waals surface area contributed by atoms with E-state index in [1.165, 1.54) is 38.6 Å². The molecule has 0 spiro atoms. The summed E-state index contributed by atoms with van der Waals surface area (Å²) >= 11 is 0. The molecule has 1 heteroatoms. The van der Waals surface area contributed by atoms with Crippen molar-refractivity contribution in [3.8, 4) is 5.69 Å². The zero-order valence-corrected chi connectivity index (χ0v) is 14.9. The van der Waals surface area contributed by atoms with Gasteiger partial charge in [-0.15, -0.1) is 0 Å². The lowest BCUT2D eigenvalue weighted by Gasteiger charge is -2.07. The van der Waals surface area contributed by atoms with Crippen LogP contribution in [0.2, 0.25) is 0 Å². The largest absolute Gasteiger partial charge is 0.309 e. The summed E-state index contributed by atoms with van der Waals surface area (Å²) in [5.74, 6) is 0. The van der Waals surface area contributed by atoms with Gasteiger partial charge >= 0.3 is 0 Å². The van der Waals surface area contributed by atoms with Crippen molar-refractivity contribution in [3.63, 3.8) is 0 Å². The molecule has 1 aromatic heterocycles. The number of hydrogen-bond donors (Lipinski definition) is 0. The van der Waals surface area contributed by atoms with Crippen molar-refractivity contribution in [1.82, 2.24) is 4.57 Å². The maximum atomic E-state index is 2.34. The third-order valence-corrected chi connectivity index (χ3v) is 4.98. The van der Waals surface area contributed by atoms with E-state index in [4.69, 9.17) is 0 Å². The molecule has 0 fully saturated rings. The summed E-state index contributed by atoms with van der Waals surface area (Å²) in [6.07, 6.45) is 4.35. The van der Waals surface area contributed by atoms with Crippen molar-refractivity contribution in [2.75, 3.05) is 0 Å². The van der Waals surface area contributed by atoms with Gasteiger partial charge < -0.3 is 4.57 Å². The Bertz CT molecular complexity index is 1250. The summed E-state index contributed by atoms with van der Waals surface area (Å²) in [5, 5.41) is 2.57. The van der Waals surface area contributed by atoms with Crippen LogP contribution < -0.4 is 0 Å². The van der Waals surface area contributed by atoms with Gasteiger partial charge in [0.1, 0.15) is 0 Å². The van der Waals surface area contributed by atoms with Crippen LogP contribution in [-0.2, 0) is 0 Å². The highest BCUT2D eigenvalue weighted by Crippen LogP contribution is 2.32. The van der Waals surface area contributed by atoms with Crippen LogP contribution in [0.15, 0.2) is 103 Å². The summed E-state index contributed by atoms with van der Waals surface area (Å²) in [6.45, 7) is 0. The first-order chi connectivity index (χ1) is 13.4. The second-order valence-electron chi connectivity index (χ2n) is 6.71. The predicted molar refractivity (Wildman–Crippen MR) is 116 cm³/mol. The first-order valence-electron chi connectivity index (χ1n) is 9.22.